The monoisotopic (exact) mass is 341 g/mol. The fraction of sp³-hybridized carbons (Fsp3) is 0.467. The molecule has 0 spiro atoms. The first-order chi connectivity index (χ1) is 10.8. The molecule has 0 fully saturated rings. The van der Waals surface area contributed by atoms with Crippen molar-refractivity contribution in [1.82, 2.24) is 0 Å². The highest BCUT2D eigenvalue weighted by Crippen LogP contribution is 2.34. The highest BCUT2D eigenvalue weighted by atomic mass is 32.2. The molecule has 0 saturated carbocycles. The largest absolute Gasteiger partial charge is 0.489 e. The molecule has 1 aliphatic heterocycles. The first-order valence-corrected chi connectivity index (χ1v) is 9.11. The standard InChI is InChI=1S/C15H19NO6S/c1-3-21-15(18)7-5-13(17)11-4-6-14-12(10-11)16(8-9-22-14)23(2,19)20/h4,6,10H,3,5,7-9H2,1-2H3. The summed E-state index contributed by atoms with van der Waals surface area (Å²) in [5.74, 6) is -0.261. The molecule has 23 heavy (non-hydrogen) atoms. The van der Waals surface area contributed by atoms with Gasteiger partial charge < -0.3 is 9.47 Å². The molecule has 1 aromatic carbocycles. The predicted octanol–water partition coefficient (Wildman–Crippen LogP) is 1.37. The van der Waals surface area contributed by atoms with Crippen LogP contribution in [0.5, 0.6) is 5.75 Å². The second kappa shape index (κ2) is 6.99. The van der Waals surface area contributed by atoms with Crippen LogP contribution >= 0.6 is 0 Å². The van der Waals surface area contributed by atoms with Gasteiger partial charge in [0, 0.05) is 12.0 Å². The lowest BCUT2D eigenvalue weighted by Gasteiger charge is -2.29. The van der Waals surface area contributed by atoms with Crippen LogP contribution in [0.1, 0.15) is 30.1 Å². The number of carbonyl (C=O) groups excluding carboxylic acids is 2. The van der Waals surface area contributed by atoms with Gasteiger partial charge in [0.05, 0.1) is 31.5 Å². The summed E-state index contributed by atoms with van der Waals surface area (Å²) in [6.45, 7) is 2.43. The molecule has 0 atom stereocenters. The van der Waals surface area contributed by atoms with E-state index in [4.69, 9.17) is 9.47 Å². The second-order valence-electron chi connectivity index (χ2n) is 5.09. The number of sulfonamides is 1. The van der Waals surface area contributed by atoms with Crippen molar-refractivity contribution in [1.29, 1.82) is 0 Å². The van der Waals surface area contributed by atoms with Crippen LogP contribution < -0.4 is 9.04 Å². The Labute approximate surface area is 135 Å². The molecule has 0 bridgehead atoms. The number of rotatable bonds is 6. The Hall–Kier alpha value is -2.09. The number of ketones is 1. The van der Waals surface area contributed by atoms with Gasteiger partial charge in [0.25, 0.3) is 0 Å². The zero-order valence-electron chi connectivity index (χ0n) is 13.1. The molecular formula is C15H19NO6S. The van der Waals surface area contributed by atoms with Crippen LogP contribution in [0.4, 0.5) is 5.69 Å². The maximum Gasteiger partial charge on any atom is 0.306 e. The lowest BCUT2D eigenvalue weighted by Crippen LogP contribution is -2.37. The molecule has 1 aliphatic rings. The number of fused-ring (bicyclic) bond motifs is 1. The Morgan fingerprint density at radius 2 is 2.04 bits per heavy atom. The van der Waals surface area contributed by atoms with Crippen molar-refractivity contribution in [2.75, 3.05) is 30.3 Å². The molecule has 0 aliphatic carbocycles. The number of nitrogens with zero attached hydrogens (tertiary/aromatic N) is 1. The van der Waals surface area contributed by atoms with Gasteiger partial charge in [-0.2, -0.15) is 0 Å². The molecule has 0 aromatic heterocycles. The maximum atomic E-state index is 12.2. The summed E-state index contributed by atoms with van der Waals surface area (Å²) in [4.78, 5) is 23.5. The van der Waals surface area contributed by atoms with Crippen LogP contribution in [0.25, 0.3) is 0 Å². The van der Waals surface area contributed by atoms with E-state index in [1.807, 2.05) is 0 Å². The summed E-state index contributed by atoms with van der Waals surface area (Å²) in [5.41, 5.74) is 0.688. The van der Waals surface area contributed by atoms with Gasteiger partial charge in [-0.3, -0.25) is 13.9 Å². The topological polar surface area (TPSA) is 90.0 Å². The van der Waals surface area contributed by atoms with E-state index in [0.29, 0.717) is 17.0 Å². The fourth-order valence-corrected chi connectivity index (χ4v) is 3.21. The van der Waals surface area contributed by atoms with Crippen molar-refractivity contribution >= 4 is 27.5 Å². The average Bonchev–Trinajstić information content (AvgIpc) is 2.50. The first kappa shape index (κ1) is 17.3. The molecule has 0 radical (unpaired) electrons. The number of hydrogen-bond donors (Lipinski definition) is 0. The Kier molecular flexibility index (Phi) is 5.25. The van der Waals surface area contributed by atoms with Gasteiger partial charge in [-0.1, -0.05) is 0 Å². The average molecular weight is 341 g/mol. The number of esters is 1. The molecule has 0 N–H and O–H groups in total. The molecule has 126 valence electrons. The Bertz CT molecular complexity index is 713. The highest BCUT2D eigenvalue weighted by molar-refractivity contribution is 7.92. The lowest BCUT2D eigenvalue weighted by molar-refractivity contribution is -0.143. The van der Waals surface area contributed by atoms with Crippen molar-refractivity contribution in [2.24, 2.45) is 0 Å². The summed E-state index contributed by atoms with van der Waals surface area (Å²) in [6.07, 6.45) is 1.12. The van der Waals surface area contributed by atoms with Crippen molar-refractivity contribution in [3.63, 3.8) is 0 Å². The number of Topliss-reactive ketones (excluding diaryl/α,β-unsaturated/α-hetero) is 1. The SMILES string of the molecule is CCOC(=O)CCC(=O)c1ccc2c(c1)N(S(C)(=O)=O)CCO2. The van der Waals surface area contributed by atoms with E-state index in [-0.39, 0.29) is 38.4 Å². The smallest absolute Gasteiger partial charge is 0.306 e. The highest BCUT2D eigenvalue weighted by Gasteiger charge is 2.26. The van der Waals surface area contributed by atoms with E-state index in [0.717, 1.165) is 6.26 Å². The number of ether oxygens (including phenoxy) is 2. The second-order valence-corrected chi connectivity index (χ2v) is 7.00. The quantitative estimate of drug-likeness (QED) is 0.573. The van der Waals surface area contributed by atoms with Crippen molar-refractivity contribution in [3.05, 3.63) is 23.8 Å². The third-order valence-corrected chi connectivity index (χ3v) is 4.54. The molecule has 8 heteroatoms. The minimum absolute atomic E-state index is 0.00392. The van der Waals surface area contributed by atoms with Crippen molar-refractivity contribution in [3.8, 4) is 5.75 Å². The molecular weight excluding hydrogens is 322 g/mol. The van der Waals surface area contributed by atoms with E-state index in [1.165, 1.54) is 10.4 Å². The number of carbonyl (C=O) groups is 2. The van der Waals surface area contributed by atoms with Gasteiger partial charge in [-0.25, -0.2) is 8.42 Å². The van der Waals surface area contributed by atoms with Crippen molar-refractivity contribution in [2.45, 2.75) is 19.8 Å². The minimum atomic E-state index is -3.45. The van der Waals surface area contributed by atoms with Crippen molar-refractivity contribution < 1.29 is 27.5 Å². The zero-order valence-corrected chi connectivity index (χ0v) is 13.9. The summed E-state index contributed by atoms with van der Waals surface area (Å²) >= 11 is 0. The van der Waals surface area contributed by atoms with Gasteiger partial charge in [0.1, 0.15) is 12.4 Å². The van der Waals surface area contributed by atoms with Gasteiger partial charge in [-0.15, -0.1) is 0 Å². The number of anilines is 1. The van der Waals surface area contributed by atoms with E-state index in [9.17, 15) is 18.0 Å². The zero-order chi connectivity index (χ0) is 17.0. The van der Waals surface area contributed by atoms with Gasteiger partial charge in [0.15, 0.2) is 5.78 Å². The van der Waals surface area contributed by atoms with Crippen LogP contribution in [0, 0.1) is 0 Å². The van der Waals surface area contributed by atoms with E-state index in [2.05, 4.69) is 0 Å². The lowest BCUT2D eigenvalue weighted by atomic mass is 10.1. The molecule has 1 aromatic rings. The molecule has 0 amide bonds. The number of hydrogen-bond acceptors (Lipinski definition) is 6. The van der Waals surface area contributed by atoms with Gasteiger partial charge in [0.2, 0.25) is 10.0 Å². The molecule has 2 rings (SSSR count). The van der Waals surface area contributed by atoms with Crippen LogP contribution in [0.2, 0.25) is 0 Å². The van der Waals surface area contributed by atoms with E-state index >= 15 is 0 Å². The number of benzene rings is 1. The third kappa shape index (κ3) is 4.22. The molecule has 0 unspecified atom stereocenters. The van der Waals surface area contributed by atoms with E-state index < -0.39 is 16.0 Å². The predicted molar refractivity (Wildman–Crippen MR) is 84.3 cm³/mol. The van der Waals surface area contributed by atoms with Crippen LogP contribution in [0.15, 0.2) is 18.2 Å². The van der Waals surface area contributed by atoms with Crippen LogP contribution in [-0.2, 0) is 19.6 Å². The summed E-state index contributed by atoms with van der Waals surface area (Å²) < 4.78 is 35.1. The minimum Gasteiger partial charge on any atom is -0.489 e. The summed E-state index contributed by atoms with van der Waals surface area (Å²) in [7, 11) is -3.45. The van der Waals surface area contributed by atoms with Gasteiger partial charge >= 0.3 is 5.97 Å². The summed E-state index contributed by atoms with van der Waals surface area (Å²) in [6, 6.07) is 4.63. The van der Waals surface area contributed by atoms with Crippen LogP contribution in [0.3, 0.4) is 0 Å². The third-order valence-electron chi connectivity index (χ3n) is 3.36. The fourth-order valence-electron chi connectivity index (χ4n) is 2.30. The Morgan fingerprint density at radius 3 is 2.70 bits per heavy atom. The first-order valence-electron chi connectivity index (χ1n) is 7.26. The molecule has 0 saturated heterocycles. The summed E-state index contributed by atoms with van der Waals surface area (Å²) in [5, 5.41) is 0. The molecule has 7 nitrogen and oxygen atoms in total. The Morgan fingerprint density at radius 1 is 1.30 bits per heavy atom. The normalized spacial score (nSPS) is 13.9. The van der Waals surface area contributed by atoms with Gasteiger partial charge in [-0.05, 0) is 25.1 Å². The van der Waals surface area contributed by atoms with Crippen LogP contribution in [-0.4, -0.2) is 46.2 Å². The van der Waals surface area contributed by atoms with E-state index in [1.54, 1.807) is 19.1 Å². The molecule has 1 heterocycles. The maximum absolute atomic E-state index is 12.2. The Balaban J connectivity index is 2.19.